The molecule has 8 heteroatoms. The lowest BCUT2D eigenvalue weighted by Gasteiger charge is -2.13. The molecule has 2 heterocycles. The topological polar surface area (TPSA) is 84.5 Å². The molecule has 0 unspecified atom stereocenters. The number of nitriles is 1. The summed E-state index contributed by atoms with van der Waals surface area (Å²) in [6.45, 7) is 0. The summed E-state index contributed by atoms with van der Waals surface area (Å²) in [5.74, 6) is 0. The van der Waals surface area contributed by atoms with Crippen molar-refractivity contribution in [2.45, 2.75) is 10.2 Å². The van der Waals surface area contributed by atoms with Crippen LogP contribution in [0.25, 0.3) is 16.6 Å². The van der Waals surface area contributed by atoms with E-state index in [2.05, 4.69) is 30.9 Å². The van der Waals surface area contributed by atoms with Gasteiger partial charge in [0, 0.05) is 4.47 Å². The Morgan fingerprint density at radius 1 is 1.04 bits per heavy atom. The van der Waals surface area contributed by atoms with Gasteiger partial charge in [-0.05, 0) is 48.2 Å². The molecule has 0 fully saturated rings. The molecule has 2 aromatic heterocycles. The summed E-state index contributed by atoms with van der Waals surface area (Å²) in [5, 5.41) is 10.4. The number of benzene rings is 2. The maximum Gasteiger partial charge on any atom is 0.266 e. The summed E-state index contributed by atoms with van der Waals surface area (Å²) in [6.07, 6.45) is 2.89. The van der Waals surface area contributed by atoms with Gasteiger partial charge in [-0.15, -0.1) is 0 Å². The van der Waals surface area contributed by atoms with Crippen LogP contribution in [0.3, 0.4) is 0 Å². The molecule has 0 N–H and O–H groups in total. The lowest BCUT2D eigenvalue weighted by molar-refractivity contribution is 0.817. The summed E-state index contributed by atoms with van der Waals surface area (Å²) in [4.78, 5) is 26.0. The number of rotatable bonds is 3. The number of nitrogens with zero attached hydrogens (tertiary/aromatic N) is 5. The highest BCUT2D eigenvalue weighted by Crippen LogP contribution is 2.27. The van der Waals surface area contributed by atoms with Crippen LogP contribution in [0, 0.1) is 11.3 Å². The van der Waals surface area contributed by atoms with Crippen LogP contribution in [0.2, 0.25) is 0 Å². The quantitative estimate of drug-likeness (QED) is 0.452. The predicted molar refractivity (Wildman–Crippen MR) is 106 cm³/mol. The predicted octanol–water partition coefficient (Wildman–Crippen LogP) is 3.96. The molecule has 4 aromatic rings. The normalized spacial score (nSPS) is 10.7. The number of halogens is 1. The second-order valence-electron chi connectivity index (χ2n) is 5.48. The highest BCUT2D eigenvalue weighted by atomic mass is 79.9. The molecule has 0 aliphatic heterocycles. The molecule has 6 nitrogen and oxygen atoms in total. The minimum atomic E-state index is -0.160. The Morgan fingerprint density at radius 2 is 1.81 bits per heavy atom. The highest BCUT2D eigenvalue weighted by molar-refractivity contribution is 9.10. The lowest BCUT2D eigenvalue weighted by Crippen LogP contribution is -2.21. The Hall–Kier alpha value is -3.02. The molecule has 0 aliphatic rings. The molecule has 130 valence electrons. The van der Waals surface area contributed by atoms with Crippen LogP contribution in [-0.4, -0.2) is 19.5 Å². The summed E-state index contributed by atoms with van der Waals surface area (Å²) in [6, 6.07) is 16.6. The Bertz CT molecular complexity index is 1230. The van der Waals surface area contributed by atoms with Gasteiger partial charge in [-0.3, -0.25) is 9.36 Å². The van der Waals surface area contributed by atoms with Gasteiger partial charge in [0.1, 0.15) is 11.1 Å². The molecule has 0 amide bonds. The number of aromatic nitrogens is 4. The summed E-state index contributed by atoms with van der Waals surface area (Å²) in [5.41, 5.74) is 1.38. The van der Waals surface area contributed by atoms with Gasteiger partial charge in [-0.1, -0.05) is 28.1 Å². The van der Waals surface area contributed by atoms with Crippen molar-refractivity contribution < 1.29 is 0 Å². The average Bonchev–Trinajstić information content (AvgIpc) is 2.70. The smallest absolute Gasteiger partial charge is 0.266 e. The zero-order chi connectivity index (χ0) is 18.8. The Morgan fingerprint density at radius 3 is 2.52 bits per heavy atom. The van der Waals surface area contributed by atoms with Gasteiger partial charge in [0.2, 0.25) is 0 Å². The molecule has 27 heavy (non-hydrogen) atoms. The van der Waals surface area contributed by atoms with Crippen LogP contribution in [0.1, 0.15) is 5.69 Å². The number of para-hydroxylation sites is 1. The van der Waals surface area contributed by atoms with E-state index in [1.54, 1.807) is 16.7 Å². The fourth-order valence-electron chi connectivity index (χ4n) is 2.52. The summed E-state index contributed by atoms with van der Waals surface area (Å²) in [7, 11) is 0. The van der Waals surface area contributed by atoms with Gasteiger partial charge in [0.25, 0.3) is 5.56 Å². The van der Waals surface area contributed by atoms with Gasteiger partial charge in [-0.25, -0.2) is 15.0 Å². The molecule has 0 saturated heterocycles. The lowest BCUT2D eigenvalue weighted by atomic mass is 10.2. The van der Waals surface area contributed by atoms with Crippen molar-refractivity contribution in [3.05, 3.63) is 81.4 Å². The van der Waals surface area contributed by atoms with E-state index in [0.29, 0.717) is 26.8 Å². The Balaban J connectivity index is 1.91. The standard InChI is InChI=1S/C19H10BrN5OS/c20-12-5-7-14(8-6-12)25-18(26)15-3-1-2-4-16(15)24-19(25)27-17-11-22-13(9-21)10-23-17/h1-8,10-11H. The van der Waals surface area contributed by atoms with Crippen LogP contribution in [0.4, 0.5) is 0 Å². The fraction of sp³-hybridized carbons (Fsp3) is 0. The first kappa shape index (κ1) is 17.4. The van der Waals surface area contributed by atoms with Crippen molar-refractivity contribution in [3.63, 3.8) is 0 Å². The van der Waals surface area contributed by atoms with Crippen LogP contribution in [0.15, 0.2) is 80.4 Å². The van der Waals surface area contributed by atoms with Crippen molar-refractivity contribution in [2.75, 3.05) is 0 Å². The minimum Gasteiger partial charge on any atom is -0.268 e. The molecule has 4 rings (SSSR count). The molecule has 0 saturated carbocycles. The molecule has 2 aromatic carbocycles. The maximum absolute atomic E-state index is 13.1. The number of hydrogen-bond acceptors (Lipinski definition) is 6. The Kier molecular flexibility index (Phi) is 4.71. The zero-order valence-corrected chi connectivity index (χ0v) is 16.1. The fourth-order valence-corrected chi connectivity index (χ4v) is 3.60. The van der Waals surface area contributed by atoms with E-state index < -0.39 is 0 Å². The first-order valence-corrected chi connectivity index (χ1v) is 9.44. The van der Waals surface area contributed by atoms with Crippen LogP contribution < -0.4 is 5.56 Å². The van der Waals surface area contributed by atoms with E-state index in [-0.39, 0.29) is 11.3 Å². The van der Waals surface area contributed by atoms with E-state index in [0.717, 1.165) is 4.47 Å². The van der Waals surface area contributed by atoms with Gasteiger partial charge in [0.05, 0.1) is 29.0 Å². The molecule has 0 spiro atoms. The largest absolute Gasteiger partial charge is 0.268 e. The number of fused-ring (bicyclic) bond motifs is 1. The third-order valence-electron chi connectivity index (χ3n) is 3.77. The molecule has 0 aliphatic carbocycles. The monoisotopic (exact) mass is 435 g/mol. The van der Waals surface area contributed by atoms with Crippen molar-refractivity contribution in [1.82, 2.24) is 19.5 Å². The molecule has 0 radical (unpaired) electrons. The molecular weight excluding hydrogens is 426 g/mol. The number of hydrogen-bond donors (Lipinski definition) is 0. The van der Waals surface area contributed by atoms with E-state index in [4.69, 9.17) is 5.26 Å². The van der Waals surface area contributed by atoms with Gasteiger partial charge in [0.15, 0.2) is 10.9 Å². The van der Waals surface area contributed by atoms with E-state index in [1.165, 1.54) is 24.2 Å². The van der Waals surface area contributed by atoms with Crippen molar-refractivity contribution in [2.24, 2.45) is 0 Å². The van der Waals surface area contributed by atoms with E-state index in [1.807, 2.05) is 42.5 Å². The van der Waals surface area contributed by atoms with Crippen molar-refractivity contribution in [1.29, 1.82) is 5.26 Å². The minimum absolute atomic E-state index is 0.160. The highest BCUT2D eigenvalue weighted by Gasteiger charge is 2.14. The first-order valence-electron chi connectivity index (χ1n) is 7.83. The second-order valence-corrected chi connectivity index (χ2v) is 7.39. The second kappa shape index (κ2) is 7.31. The van der Waals surface area contributed by atoms with Crippen molar-refractivity contribution in [3.8, 4) is 11.8 Å². The zero-order valence-electron chi connectivity index (χ0n) is 13.7. The van der Waals surface area contributed by atoms with E-state index >= 15 is 0 Å². The third kappa shape index (κ3) is 3.47. The third-order valence-corrected chi connectivity index (χ3v) is 5.17. The molecular formula is C19H10BrN5OS. The van der Waals surface area contributed by atoms with Gasteiger partial charge < -0.3 is 0 Å². The van der Waals surface area contributed by atoms with Crippen molar-refractivity contribution >= 4 is 38.6 Å². The van der Waals surface area contributed by atoms with E-state index in [9.17, 15) is 4.79 Å². The average molecular weight is 436 g/mol. The van der Waals surface area contributed by atoms with Gasteiger partial charge >= 0.3 is 0 Å². The summed E-state index contributed by atoms with van der Waals surface area (Å²) >= 11 is 4.63. The molecule has 0 bridgehead atoms. The van der Waals surface area contributed by atoms with Crippen LogP contribution >= 0.6 is 27.7 Å². The molecule has 0 atom stereocenters. The van der Waals surface area contributed by atoms with Crippen LogP contribution in [-0.2, 0) is 0 Å². The summed E-state index contributed by atoms with van der Waals surface area (Å²) < 4.78 is 2.47. The maximum atomic E-state index is 13.1. The van der Waals surface area contributed by atoms with Crippen LogP contribution in [0.5, 0.6) is 0 Å². The first-order chi connectivity index (χ1) is 13.2. The SMILES string of the molecule is N#Cc1cnc(Sc2nc3ccccc3c(=O)n2-c2ccc(Br)cc2)cn1. The van der Waals surface area contributed by atoms with Gasteiger partial charge in [-0.2, -0.15) is 5.26 Å². The Labute approximate surface area is 166 Å².